The first kappa shape index (κ1) is 31.2. The number of carbonyl (C=O) groups excluding carboxylic acids is 2. The summed E-state index contributed by atoms with van der Waals surface area (Å²) in [5.41, 5.74) is 3.77. The maximum absolute atomic E-state index is 14.1. The summed E-state index contributed by atoms with van der Waals surface area (Å²) in [5.74, 6) is -0.753. The second-order valence-electron chi connectivity index (χ2n) is 9.91. The number of benzene rings is 3. The van der Waals surface area contributed by atoms with Gasteiger partial charge in [-0.3, -0.25) is 13.9 Å². The number of rotatable bonds is 12. The van der Waals surface area contributed by atoms with E-state index in [0.29, 0.717) is 23.7 Å². The maximum Gasteiger partial charge on any atom is 0.264 e. The Bertz CT molecular complexity index is 1420. The van der Waals surface area contributed by atoms with Crippen LogP contribution in [0, 0.1) is 20.8 Å². The third-order valence-corrected chi connectivity index (χ3v) is 8.96. The van der Waals surface area contributed by atoms with Gasteiger partial charge in [0.25, 0.3) is 10.0 Å². The van der Waals surface area contributed by atoms with E-state index >= 15 is 0 Å². The number of carbonyl (C=O) groups is 2. The first-order chi connectivity index (χ1) is 19.0. The van der Waals surface area contributed by atoms with E-state index in [-0.39, 0.29) is 17.3 Å². The maximum atomic E-state index is 14.1. The van der Waals surface area contributed by atoms with Crippen molar-refractivity contribution in [2.24, 2.45) is 0 Å². The van der Waals surface area contributed by atoms with Crippen molar-refractivity contribution >= 4 is 39.1 Å². The Balaban J connectivity index is 2.09. The van der Waals surface area contributed by atoms with Crippen molar-refractivity contribution in [1.29, 1.82) is 0 Å². The van der Waals surface area contributed by atoms with Gasteiger partial charge in [0.1, 0.15) is 12.6 Å². The van der Waals surface area contributed by atoms with Gasteiger partial charge in [0, 0.05) is 18.1 Å². The fourth-order valence-corrected chi connectivity index (χ4v) is 6.03. The van der Waals surface area contributed by atoms with E-state index < -0.39 is 28.5 Å². The molecule has 0 fully saturated rings. The van der Waals surface area contributed by atoms with E-state index in [9.17, 15) is 18.0 Å². The van der Waals surface area contributed by atoms with E-state index in [1.165, 1.54) is 4.90 Å². The molecule has 7 nitrogen and oxygen atoms in total. The molecule has 3 aromatic carbocycles. The molecule has 0 aromatic heterocycles. The summed E-state index contributed by atoms with van der Waals surface area (Å²) in [5, 5.41) is 3.45. The van der Waals surface area contributed by atoms with Crippen LogP contribution in [-0.4, -0.2) is 44.3 Å². The molecule has 0 aliphatic heterocycles. The number of sulfonamides is 1. The topological polar surface area (TPSA) is 86.8 Å². The Hall–Kier alpha value is -3.36. The number of nitrogens with zero attached hydrogens (tertiary/aromatic N) is 2. The van der Waals surface area contributed by atoms with Gasteiger partial charge in [-0.1, -0.05) is 67.4 Å². The molecule has 2 amide bonds. The van der Waals surface area contributed by atoms with E-state index in [0.717, 1.165) is 33.0 Å². The summed E-state index contributed by atoms with van der Waals surface area (Å²) in [7, 11) is -4.12. The molecule has 0 radical (unpaired) electrons. The van der Waals surface area contributed by atoms with Gasteiger partial charge in [-0.25, -0.2) is 8.42 Å². The van der Waals surface area contributed by atoms with E-state index in [1.807, 2.05) is 40.7 Å². The highest BCUT2D eigenvalue weighted by Gasteiger charge is 2.34. The van der Waals surface area contributed by atoms with E-state index in [1.54, 1.807) is 60.7 Å². The largest absolute Gasteiger partial charge is 0.354 e. The second-order valence-corrected chi connectivity index (χ2v) is 12.2. The van der Waals surface area contributed by atoms with Crippen LogP contribution < -0.4 is 9.62 Å². The molecule has 9 heteroatoms. The average Bonchev–Trinajstić information content (AvgIpc) is 2.93. The highest BCUT2D eigenvalue weighted by molar-refractivity contribution is 7.92. The average molecular weight is 584 g/mol. The number of hydrogen-bond acceptors (Lipinski definition) is 4. The van der Waals surface area contributed by atoms with Crippen LogP contribution in [0.25, 0.3) is 0 Å². The van der Waals surface area contributed by atoms with Crippen molar-refractivity contribution in [2.45, 2.75) is 64.9 Å². The molecule has 3 aromatic rings. The molecule has 0 aliphatic carbocycles. The van der Waals surface area contributed by atoms with Crippen LogP contribution in [-0.2, 0) is 26.2 Å². The third-order valence-electron chi connectivity index (χ3n) is 6.93. The second kappa shape index (κ2) is 13.8. The number of nitrogens with one attached hydrogen (secondary N) is 1. The quantitative estimate of drug-likeness (QED) is 0.292. The third kappa shape index (κ3) is 7.43. The van der Waals surface area contributed by atoms with Gasteiger partial charge in [0.2, 0.25) is 11.8 Å². The minimum Gasteiger partial charge on any atom is -0.354 e. The number of amides is 2. The summed E-state index contributed by atoms with van der Waals surface area (Å²) < 4.78 is 29.2. The van der Waals surface area contributed by atoms with Crippen molar-refractivity contribution in [3.8, 4) is 0 Å². The zero-order chi connectivity index (χ0) is 29.4. The molecule has 0 saturated carbocycles. The molecule has 1 atom stereocenters. The molecule has 0 bridgehead atoms. The molecule has 3 rings (SSSR count). The Morgan fingerprint density at radius 1 is 0.925 bits per heavy atom. The van der Waals surface area contributed by atoms with Crippen LogP contribution in [0.15, 0.2) is 71.6 Å². The summed E-state index contributed by atoms with van der Waals surface area (Å²) in [4.78, 5) is 28.8. The minimum atomic E-state index is -4.12. The van der Waals surface area contributed by atoms with Crippen molar-refractivity contribution in [3.05, 3.63) is 94.0 Å². The van der Waals surface area contributed by atoms with Crippen LogP contribution in [0.2, 0.25) is 5.02 Å². The van der Waals surface area contributed by atoms with Gasteiger partial charge in [-0.2, -0.15) is 0 Å². The smallest absolute Gasteiger partial charge is 0.264 e. The SMILES string of the molecule is CCCNC(=O)[C@H](CC)N(Cc1ccc(Cl)cc1)C(=O)CN(c1cccc(C)c1C)S(=O)(=O)c1ccc(C)cc1. The van der Waals surface area contributed by atoms with Crippen LogP contribution >= 0.6 is 11.6 Å². The lowest BCUT2D eigenvalue weighted by Gasteiger charge is -2.33. The van der Waals surface area contributed by atoms with Crippen molar-refractivity contribution in [2.75, 3.05) is 17.4 Å². The van der Waals surface area contributed by atoms with Gasteiger partial charge in [-0.05, 0) is 80.6 Å². The normalized spacial score (nSPS) is 12.1. The Morgan fingerprint density at radius 2 is 1.57 bits per heavy atom. The number of anilines is 1. The van der Waals surface area contributed by atoms with Crippen LogP contribution in [0.3, 0.4) is 0 Å². The van der Waals surface area contributed by atoms with Crippen molar-refractivity contribution in [3.63, 3.8) is 0 Å². The molecule has 0 heterocycles. The monoisotopic (exact) mass is 583 g/mol. The molecule has 1 N–H and O–H groups in total. The first-order valence-corrected chi connectivity index (χ1v) is 15.3. The zero-order valence-electron chi connectivity index (χ0n) is 23.8. The molecule has 0 unspecified atom stereocenters. The molecule has 0 saturated heterocycles. The molecule has 40 heavy (non-hydrogen) atoms. The zero-order valence-corrected chi connectivity index (χ0v) is 25.3. The van der Waals surface area contributed by atoms with Gasteiger partial charge >= 0.3 is 0 Å². The number of aryl methyl sites for hydroxylation is 2. The fraction of sp³-hybridized carbons (Fsp3) is 0.355. The van der Waals surface area contributed by atoms with E-state index in [4.69, 9.17) is 11.6 Å². The standard InChI is InChI=1S/C31H38ClN3O4S/c1-6-19-33-31(37)28(7-2)34(20-25-13-15-26(32)16-14-25)30(36)21-35(29-10-8-9-23(4)24(29)5)40(38,39)27-17-11-22(3)12-18-27/h8-18,28H,6-7,19-21H2,1-5H3,(H,33,37)/t28-/m0/s1. The van der Waals surface area contributed by atoms with E-state index in [2.05, 4.69) is 5.32 Å². The summed E-state index contributed by atoms with van der Waals surface area (Å²) in [6.07, 6.45) is 1.12. The van der Waals surface area contributed by atoms with Crippen LogP contribution in [0.4, 0.5) is 5.69 Å². The lowest BCUT2D eigenvalue weighted by molar-refractivity contribution is -0.140. The first-order valence-electron chi connectivity index (χ1n) is 13.5. The number of halogens is 1. The predicted molar refractivity (Wildman–Crippen MR) is 161 cm³/mol. The number of hydrogen-bond donors (Lipinski definition) is 1. The summed E-state index contributed by atoms with van der Waals surface area (Å²) in [6.45, 7) is 9.55. The van der Waals surface area contributed by atoms with Gasteiger partial charge < -0.3 is 10.2 Å². The highest BCUT2D eigenvalue weighted by Crippen LogP contribution is 2.29. The molecule has 214 valence electrons. The molecule has 0 aliphatic rings. The lowest BCUT2D eigenvalue weighted by Crippen LogP contribution is -2.52. The summed E-state index contributed by atoms with van der Waals surface area (Å²) >= 11 is 6.07. The van der Waals surface area contributed by atoms with Gasteiger partial charge in [0.05, 0.1) is 10.6 Å². The lowest BCUT2D eigenvalue weighted by atomic mass is 10.1. The summed E-state index contributed by atoms with van der Waals surface area (Å²) in [6, 6.07) is 18.2. The van der Waals surface area contributed by atoms with Gasteiger partial charge in [0.15, 0.2) is 0 Å². The predicted octanol–water partition coefficient (Wildman–Crippen LogP) is 5.79. The minimum absolute atomic E-state index is 0.0868. The van der Waals surface area contributed by atoms with Gasteiger partial charge in [-0.15, -0.1) is 0 Å². The van der Waals surface area contributed by atoms with Crippen molar-refractivity contribution < 1.29 is 18.0 Å². The van der Waals surface area contributed by atoms with Crippen LogP contribution in [0.5, 0.6) is 0 Å². The van der Waals surface area contributed by atoms with Crippen molar-refractivity contribution in [1.82, 2.24) is 10.2 Å². The Labute approximate surface area is 243 Å². The fourth-order valence-electron chi connectivity index (χ4n) is 4.43. The Morgan fingerprint density at radius 3 is 2.17 bits per heavy atom. The molecular formula is C31H38ClN3O4S. The molecule has 0 spiro atoms. The molecular weight excluding hydrogens is 546 g/mol. The van der Waals surface area contributed by atoms with Crippen LogP contribution in [0.1, 0.15) is 48.9 Å². The Kier molecular flexibility index (Phi) is 10.8. The highest BCUT2D eigenvalue weighted by atomic mass is 35.5.